The molecule has 172 valence electrons. The molecule has 3 N–H and O–H groups in total. The van der Waals surface area contributed by atoms with Gasteiger partial charge in [-0.1, -0.05) is 25.1 Å². The van der Waals surface area contributed by atoms with Crippen LogP contribution in [-0.2, 0) is 9.59 Å². The molecule has 1 saturated heterocycles. The first-order valence-electron chi connectivity index (χ1n) is 11.4. The van der Waals surface area contributed by atoms with Crippen molar-refractivity contribution in [3.05, 3.63) is 54.1 Å². The number of benzene rings is 2. The van der Waals surface area contributed by atoms with E-state index in [0.29, 0.717) is 6.42 Å². The van der Waals surface area contributed by atoms with Gasteiger partial charge in [0.2, 0.25) is 11.8 Å². The van der Waals surface area contributed by atoms with Crippen LogP contribution in [0, 0.1) is 5.92 Å². The van der Waals surface area contributed by atoms with Crippen molar-refractivity contribution in [2.24, 2.45) is 5.92 Å². The van der Waals surface area contributed by atoms with Crippen molar-refractivity contribution in [3.63, 3.8) is 0 Å². The van der Waals surface area contributed by atoms with Crippen molar-refractivity contribution in [2.75, 3.05) is 28.6 Å². The minimum absolute atomic E-state index is 0. The largest absolute Gasteiger partial charge is 0.378 e. The number of anilines is 3. The Balaban J connectivity index is 0.00000289. The van der Waals surface area contributed by atoms with Crippen LogP contribution >= 0.6 is 12.4 Å². The molecule has 2 atom stereocenters. The number of rotatable bonds is 5. The third-order valence-electron chi connectivity index (χ3n) is 6.36. The molecule has 0 aliphatic carbocycles. The van der Waals surface area contributed by atoms with E-state index in [1.54, 1.807) is 0 Å². The lowest BCUT2D eigenvalue weighted by Crippen LogP contribution is -2.44. The molecule has 0 aromatic heterocycles. The predicted octanol–water partition coefficient (Wildman–Crippen LogP) is 4.73. The quantitative estimate of drug-likeness (QED) is 0.607. The zero-order valence-corrected chi connectivity index (χ0v) is 19.6. The van der Waals surface area contributed by atoms with Crippen LogP contribution in [0.25, 0.3) is 0 Å². The van der Waals surface area contributed by atoms with Gasteiger partial charge in [0, 0.05) is 35.4 Å². The molecule has 0 spiro atoms. The molecule has 2 aromatic rings. The standard InChI is InChI=1S/C25H32N4O2.ClH/c1-3-24(30)29-17(2)16-22(21-6-4-5-7-23(21)29)27-19-8-10-20(11-9-19)28-25(31)18-12-14-26-15-13-18;/h4-11,17-18,22,26-27H,3,12-16H2,1-2H3,(H,28,31);1H/t17-,22+;/m0./s1. The van der Waals surface area contributed by atoms with Crippen LogP contribution < -0.4 is 20.9 Å². The molecule has 0 bridgehead atoms. The predicted molar refractivity (Wildman–Crippen MR) is 133 cm³/mol. The van der Waals surface area contributed by atoms with Crippen molar-refractivity contribution in [2.45, 2.75) is 51.6 Å². The number of para-hydroxylation sites is 1. The number of halogens is 1. The van der Waals surface area contributed by atoms with Crippen LogP contribution in [0.4, 0.5) is 17.1 Å². The molecule has 2 aliphatic heterocycles. The molecule has 4 rings (SSSR count). The van der Waals surface area contributed by atoms with Gasteiger partial charge in [-0.05, 0) is 75.2 Å². The normalized spacial score (nSPS) is 20.6. The monoisotopic (exact) mass is 456 g/mol. The Hall–Kier alpha value is -2.57. The van der Waals surface area contributed by atoms with Crippen molar-refractivity contribution >= 4 is 41.3 Å². The highest BCUT2D eigenvalue weighted by molar-refractivity contribution is 5.95. The first-order chi connectivity index (χ1) is 15.1. The summed E-state index contributed by atoms with van der Waals surface area (Å²) < 4.78 is 0. The average Bonchev–Trinajstić information content (AvgIpc) is 2.80. The molecule has 6 nitrogen and oxygen atoms in total. The zero-order chi connectivity index (χ0) is 21.8. The molecule has 2 aromatic carbocycles. The number of hydrogen-bond acceptors (Lipinski definition) is 4. The summed E-state index contributed by atoms with van der Waals surface area (Å²) in [6.07, 6.45) is 3.13. The summed E-state index contributed by atoms with van der Waals surface area (Å²) in [5, 5.41) is 9.97. The Bertz CT molecular complexity index is 928. The highest BCUT2D eigenvalue weighted by atomic mass is 35.5. The Labute approximate surface area is 196 Å². The highest BCUT2D eigenvalue weighted by Gasteiger charge is 2.32. The van der Waals surface area contributed by atoms with Gasteiger partial charge >= 0.3 is 0 Å². The molecular formula is C25H33ClN4O2. The highest BCUT2D eigenvalue weighted by Crippen LogP contribution is 2.39. The van der Waals surface area contributed by atoms with E-state index >= 15 is 0 Å². The van der Waals surface area contributed by atoms with E-state index in [4.69, 9.17) is 0 Å². The molecule has 1 fully saturated rings. The Morgan fingerprint density at radius 3 is 2.38 bits per heavy atom. The van der Waals surface area contributed by atoms with E-state index in [-0.39, 0.29) is 42.2 Å². The van der Waals surface area contributed by atoms with Gasteiger partial charge in [-0.2, -0.15) is 0 Å². The van der Waals surface area contributed by atoms with E-state index in [1.807, 2.05) is 54.3 Å². The van der Waals surface area contributed by atoms with Gasteiger partial charge in [0.05, 0.1) is 6.04 Å². The summed E-state index contributed by atoms with van der Waals surface area (Å²) in [6.45, 7) is 5.83. The number of nitrogens with zero attached hydrogens (tertiary/aromatic N) is 1. The van der Waals surface area contributed by atoms with E-state index in [2.05, 4.69) is 28.9 Å². The fourth-order valence-electron chi connectivity index (χ4n) is 4.68. The molecular weight excluding hydrogens is 424 g/mol. The lowest BCUT2D eigenvalue weighted by Gasteiger charge is -2.40. The number of fused-ring (bicyclic) bond motifs is 1. The van der Waals surface area contributed by atoms with Crippen LogP contribution in [0.5, 0.6) is 0 Å². The molecule has 2 aliphatic rings. The van der Waals surface area contributed by atoms with Gasteiger partial charge in [-0.15, -0.1) is 12.4 Å². The maximum atomic E-state index is 12.5. The Morgan fingerprint density at radius 1 is 1.03 bits per heavy atom. The maximum absolute atomic E-state index is 12.5. The summed E-state index contributed by atoms with van der Waals surface area (Å²) in [6, 6.07) is 16.3. The second-order valence-electron chi connectivity index (χ2n) is 8.55. The minimum Gasteiger partial charge on any atom is -0.378 e. The second kappa shape index (κ2) is 10.8. The minimum atomic E-state index is 0. The average molecular weight is 457 g/mol. The number of carbonyl (C=O) groups is 2. The number of amides is 2. The van der Waals surface area contributed by atoms with Crippen molar-refractivity contribution in [1.29, 1.82) is 0 Å². The van der Waals surface area contributed by atoms with Gasteiger partial charge in [-0.3, -0.25) is 9.59 Å². The number of hydrogen-bond donors (Lipinski definition) is 3. The number of piperidine rings is 1. The second-order valence-corrected chi connectivity index (χ2v) is 8.55. The first kappa shape index (κ1) is 24.1. The number of nitrogens with one attached hydrogen (secondary N) is 3. The van der Waals surface area contributed by atoms with E-state index < -0.39 is 0 Å². The molecule has 32 heavy (non-hydrogen) atoms. The topological polar surface area (TPSA) is 73.5 Å². The van der Waals surface area contributed by atoms with Gasteiger partial charge in [-0.25, -0.2) is 0 Å². The summed E-state index contributed by atoms with van der Waals surface area (Å²) in [7, 11) is 0. The summed E-state index contributed by atoms with van der Waals surface area (Å²) in [5.41, 5.74) is 3.97. The fraction of sp³-hybridized carbons (Fsp3) is 0.440. The third kappa shape index (κ3) is 5.25. The lowest BCUT2D eigenvalue weighted by atomic mass is 9.91. The van der Waals surface area contributed by atoms with Gasteiger partial charge in [0.1, 0.15) is 0 Å². The van der Waals surface area contributed by atoms with Crippen molar-refractivity contribution < 1.29 is 9.59 Å². The fourth-order valence-corrected chi connectivity index (χ4v) is 4.68. The van der Waals surface area contributed by atoms with E-state index in [1.165, 1.54) is 0 Å². The smallest absolute Gasteiger partial charge is 0.227 e. The van der Waals surface area contributed by atoms with Gasteiger partial charge in [0.15, 0.2) is 0 Å². The van der Waals surface area contributed by atoms with Crippen LogP contribution in [0.3, 0.4) is 0 Å². The van der Waals surface area contributed by atoms with E-state index in [0.717, 1.165) is 55.0 Å². The number of carbonyl (C=O) groups excluding carboxylic acids is 2. The molecule has 2 amide bonds. The van der Waals surface area contributed by atoms with Crippen LogP contribution in [-0.4, -0.2) is 30.9 Å². The van der Waals surface area contributed by atoms with E-state index in [9.17, 15) is 9.59 Å². The van der Waals surface area contributed by atoms with Gasteiger partial charge in [0.25, 0.3) is 0 Å². The summed E-state index contributed by atoms with van der Waals surface area (Å²) >= 11 is 0. The zero-order valence-electron chi connectivity index (χ0n) is 18.8. The summed E-state index contributed by atoms with van der Waals surface area (Å²) in [4.78, 5) is 26.9. The SMILES string of the molecule is CCC(=O)N1c2ccccc2[C@H](Nc2ccc(NC(=O)C3CCNCC3)cc2)C[C@@H]1C.Cl. The van der Waals surface area contributed by atoms with Crippen molar-refractivity contribution in [3.8, 4) is 0 Å². The molecule has 0 saturated carbocycles. The van der Waals surface area contributed by atoms with Gasteiger partial charge < -0.3 is 20.9 Å². The molecule has 2 heterocycles. The van der Waals surface area contributed by atoms with Crippen LogP contribution in [0.1, 0.15) is 51.1 Å². The van der Waals surface area contributed by atoms with Crippen LogP contribution in [0.2, 0.25) is 0 Å². The third-order valence-corrected chi connectivity index (χ3v) is 6.36. The Morgan fingerprint density at radius 2 is 1.69 bits per heavy atom. The molecule has 7 heteroatoms. The summed E-state index contributed by atoms with van der Waals surface area (Å²) in [5.74, 6) is 0.359. The lowest BCUT2D eigenvalue weighted by molar-refractivity contribution is -0.120. The Kier molecular flexibility index (Phi) is 8.15. The molecule has 0 unspecified atom stereocenters. The van der Waals surface area contributed by atoms with Crippen molar-refractivity contribution in [1.82, 2.24) is 5.32 Å². The first-order valence-corrected chi connectivity index (χ1v) is 11.4. The maximum Gasteiger partial charge on any atom is 0.227 e. The van der Waals surface area contributed by atoms with Crippen LogP contribution in [0.15, 0.2) is 48.5 Å². The molecule has 0 radical (unpaired) electrons.